The van der Waals surface area contributed by atoms with Crippen molar-refractivity contribution in [2.75, 3.05) is 0 Å². The first-order valence-corrected chi connectivity index (χ1v) is 19.4. The van der Waals surface area contributed by atoms with E-state index >= 15 is 0 Å². The molecule has 0 bridgehead atoms. The van der Waals surface area contributed by atoms with Crippen LogP contribution in [0, 0.1) is 0 Å². The molecule has 55 heavy (non-hydrogen) atoms. The average molecular weight is 698 g/mol. The van der Waals surface area contributed by atoms with E-state index in [4.69, 9.17) is 4.98 Å². The fraction of sp³-hybridized carbons (Fsp3) is 0.0556. The van der Waals surface area contributed by atoms with Crippen LogP contribution in [0.4, 0.5) is 0 Å². The average Bonchev–Trinajstić information content (AvgIpc) is 3.78. The summed E-state index contributed by atoms with van der Waals surface area (Å²) in [6, 6.07) is 69.9. The summed E-state index contributed by atoms with van der Waals surface area (Å²) in [6.45, 7) is 0. The number of pyridine rings is 1. The summed E-state index contributed by atoms with van der Waals surface area (Å²) >= 11 is 0. The SMILES string of the molecule is c1ccc(-c2cc(-c3ccc4c(c3)C3(Cc5ccccc5C3)c3cc(-c5ccc6ccc7cccc8ccc5c6c78)ccc3-4)cc(-c3ccccc3)n2)cc1. The minimum Gasteiger partial charge on any atom is -0.248 e. The van der Waals surface area contributed by atoms with Crippen molar-refractivity contribution in [3.63, 3.8) is 0 Å². The predicted octanol–water partition coefficient (Wildman–Crippen LogP) is 13.7. The molecule has 0 unspecified atom stereocenters. The van der Waals surface area contributed by atoms with Crippen LogP contribution in [0.5, 0.6) is 0 Å². The van der Waals surface area contributed by atoms with Crippen molar-refractivity contribution in [2.24, 2.45) is 0 Å². The number of nitrogens with zero attached hydrogens (tertiary/aromatic N) is 1. The molecule has 0 atom stereocenters. The molecule has 256 valence electrons. The molecular weight excluding hydrogens is 663 g/mol. The van der Waals surface area contributed by atoms with Crippen molar-refractivity contribution in [3.05, 3.63) is 210 Å². The van der Waals surface area contributed by atoms with Gasteiger partial charge >= 0.3 is 0 Å². The molecule has 0 radical (unpaired) electrons. The lowest BCUT2D eigenvalue weighted by molar-refractivity contribution is 0.564. The molecule has 10 aromatic rings. The monoisotopic (exact) mass is 697 g/mol. The highest BCUT2D eigenvalue weighted by atomic mass is 14.7. The molecule has 12 rings (SSSR count). The first-order valence-electron chi connectivity index (χ1n) is 19.4. The largest absolute Gasteiger partial charge is 0.248 e. The van der Waals surface area contributed by atoms with E-state index in [1.807, 2.05) is 0 Å². The third kappa shape index (κ3) is 4.57. The molecule has 0 amide bonds. The van der Waals surface area contributed by atoms with Gasteiger partial charge in [0.2, 0.25) is 0 Å². The molecule has 2 aliphatic carbocycles. The summed E-state index contributed by atoms with van der Waals surface area (Å²) in [4.78, 5) is 5.19. The Bertz CT molecular complexity index is 3040. The smallest absolute Gasteiger partial charge is 0.0715 e. The van der Waals surface area contributed by atoms with Gasteiger partial charge in [-0.05, 0) is 125 Å². The van der Waals surface area contributed by atoms with Crippen LogP contribution in [-0.2, 0) is 18.3 Å². The maximum absolute atomic E-state index is 5.19. The first kappa shape index (κ1) is 30.6. The van der Waals surface area contributed by atoms with Crippen molar-refractivity contribution in [3.8, 4) is 55.9 Å². The standard InChI is InChI=1S/C54H35N/c1-3-10-34(11-4-1)50-30-43(31-51(55-50)35-12-5-2-6-13-35)39-22-25-45-46-26-23-40(29-49(46)54(48(45)28-39)32-41-14-7-8-15-42(41)33-54)44-24-20-38-19-18-36-16-9-17-37-21-27-47(44)53(38)52(36)37/h1-31H,32-33H2. The zero-order valence-electron chi connectivity index (χ0n) is 30.3. The van der Waals surface area contributed by atoms with Gasteiger partial charge in [0, 0.05) is 16.5 Å². The topological polar surface area (TPSA) is 12.9 Å². The van der Waals surface area contributed by atoms with Crippen LogP contribution in [0.25, 0.3) is 88.2 Å². The number of hydrogen-bond donors (Lipinski definition) is 0. The fourth-order valence-corrected chi connectivity index (χ4v) is 10.0. The van der Waals surface area contributed by atoms with Gasteiger partial charge in [-0.2, -0.15) is 0 Å². The van der Waals surface area contributed by atoms with E-state index in [9.17, 15) is 0 Å². The van der Waals surface area contributed by atoms with E-state index in [0.29, 0.717) is 0 Å². The lowest BCUT2D eigenvalue weighted by atomic mass is 9.74. The van der Waals surface area contributed by atoms with Crippen LogP contribution in [0.1, 0.15) is 22.3 Å². The van der Waals surface area contributed by atoms with Gasteiger partial charge in [-0.25, -0.2) is 4.98 Å². The maximum atomic E-state index is 5.19. The molecule has 0 N–H and O–H groups in total. The minimum atomic E-state index is -0.151. The number of fused-ring (bicyclic) bond motifs is 6. The van der Waals surface area contributed by atoms with Crippen molar-refractivity contribution in [1.29, 1.82) is 0 Å². The third-order valence-electron chi connectivity index (χ3n) is 12.6. The van der Waals surface area contributed by atoms with Crippen LogP contribution in [0.2, 0.25) is 0 Å². The van der Waals surface area contributed by atoms with Crippen LogP contribution in [0.3, 0.4) is 0 Å². The molecular formula is C54H35N. The van der Waals surface area contributed by atoms with Crippen molar-refractivity contribution in [1.82, 2.24) is 4.98 Å². The molecule has 0 saturated carbocycles. The van der Waals surface area contributed by atoms with Crippen LogP contribution < -0.4 is 0 Å². The highest BCUT2D eigenvalue weighted by molar-refractivity contribution is 6.25. The molecule has 1 heteroatoms. The second-order valence-electron chi connectivity index (χ2n) is 15.6. The molecule has 1 aromatic heterocycles. The lowest BCUT2D eigenvalue weighted by Gasteiger charge is -2.28. The minimum absolute atomic E-state index is 0.151. The summed E-state index contributed by atoms with van der Waals surface area (Å²) < 4.78 is 0. The Morgan fingerprint density at radius 3 is 1.49 bits per heavy atom. The van der Waals surface area contributed by atoms with E-state index < -0.39 is 0 Å². The molecule has 1 spiro atoms. The normalized spacial score (nSPS) is 13.8. The number of aromatic nitrogens is 1. The van der Waals surface area contributed by atoms with Gasteiger partial charge in [0.15, 0.2) is 0 Å². The lowest BCUT2D eigenvalue weighted by Crippen LogP contribution is -2.26. The third-order valence-corrected chi connectivity index (χ3v) is 12.6. The van der Waals surface area contributed by atoms with Gasteiger partial charge in [0.25, 0.3) is 0 Å². The van der Waals surface area contributed by atoms with Crippen LogP contribution in [-0.4, -0.2) is 4.98 Å². The fourth-order valence-electron chi connectivity index (χ4n) is 10.0. The molecule has 9 aromatic carbocycles. The summed E-state index contributed by atoms with van der Waals surface area (Å²) in [5.41, 5.74) is 17.6. The Kier molecular flexibility index (Phi) is 6.45. The van der Waals surface area contributed by atoms with Crippen molar-refractivity contribution >= 4 is 32.3 Å². The molecule has 1 heterocycles. The number of hydrogen-bond acceptors (Lipinski definition) is 1. The van der Waals surface area contributed by atoms with E-state index in [2.05, 4.69) is 188 Å². The van der Waals surface area contributed by atoms with E-state index in [1.54, 1.807) is 0 Å². The molecule has 1 nitrogen and oxygen atoms in total. The summed E-state index contributed by atoms with van der Waals surface area (Å²) in [5.74, 6) is 0. The molecule has 2 aliphatic rings. The quantitative estimate of drug-likeness (QED) is 0.167. The Morgan fingerprint density at radius 2 is 0.855 bits per heavy atom. The van der Waals surface area contributed by atoms with Crippen molar-refractivity contribution < 1.29 is 0 Å². The van der Waals surface area contributed by atoms with Gasteiger partial charge in [0.05, 0.1) is 11.4 Å². The second kappa shape index (κ2) is 11.6. The Balaban J connectivity index is 1.05. The second-order valence-corrected chi connectivity index (χ2v) is 15.6. The molecule has 0 saturated heterocycles. The van der Waals surface area contributed by atoms with Gasteiger partial charge in [0.1, 0.15) is 0 Å². The predicted molar refractivity (Wildman–Crippen MR) is 230 cm³/mol. The number of rotatable bonds is 4. The Morgan fingerprint density at radius 1 is 0.345 bits per heavy atom. The Labute approximate surface area is 320 Å². The summed E-state index contributed by atoms with van der Waals surface area (Å²) in [6.07, 6.45) is 1.99. The highest BCUT2D eigenvalue weighted by Gasteiger charge is 2.47. The highest BCUT2D eigenvalue weighted by Crippen LogP contribution is 2.57. The van der Waals surface area contributed by atoms with E-state index in [0.717, 1.165) is 35.4 Å². The van der Waals surface area contributed by atoms with Gasteiger partial charge in [-0.1, -0.05) is 164 Å². The van der Waals surface area contributed by atoms with Crippen LogP contribution >= 0.6 is 0 Å². The van der Waals surface area contributed by atoms with E-state index in [1.165, 1.54) is 88.0 Å². The summed E-state index contributed by atoms with van der Waals surface area (Å²) in [5, 5.41) is 7.96. The van der Waals surface area contributed by atoms with Gasteiger partial charge in [-0.3, -0.25) is 0 Å². The van der Waals surface area contributed by atoms with Gasteiger partial charge < -0.3 is 0 Å². The molecule has 0 aliphatic heterocycles. The molecule has 0 fully saturated rings. The number of benzene rings is 9. The Hall–Kier alpha value is -6.83. The van der Waals surface area contributed by atoms with Crippen LogP contribution in [0.15, 0.2) is 188 Å². The zero-order valence-corrected chi connectivity index (χ0v) is 30.3. The summed E-state index contributed by atoms with van der Waals surface area (Å²) in [7, 11) is 0. The first-order chi connectivity index (χ1) is 27.2. The zero-order chi connectivity index (χ0) is 36.1. The van der Waals surface area contributed by atoms with Crippen molar-refractivity contribution in [2.45, 2.75) is 18.3 Å². The maximum Gasteiger partial charge on any atom is 0.0715 e. The van der Waals surface area contributed by atoms with Gasteiger partial charge in [-0.15, -0.1) is 0 Å². The van der Waals surface area contributed by atoms with E-state index in [-0.39, 0.29) is 5.41 Å².